The summed E-state index contributed by atoms with van der Waals surface area (Å²) < 4.78 is 11.8. The number of ether oxygens (including phenoxy) is 2. The van der Waals surface area contributed by atoms with Crippen LogP contribution in [-0.4, -0.2) is 17.4 Å². The van der Waals surface area contributed by atoms with Crippen LogP contribution in [0.15, 0.2) is 47.7 Å². The number of ketones is 1. The molecule has 5 heteroatoms. The summed E-state index contributed by atoms with van der Waals surface area (Å²) in [5.41, 5.74) is 3.59. The Hall–Kier alpha value is -2.30. The molecule has 4 rings (SSSR count). The second-order valence-electron chi connectivity index (χ2n) is 6.57. The Morgan fingerprint density at radius 1 is 1.16 bits per heavy atom. The monoisotopic (exact) mass is 355 g/mol. The van der Waals surface area contributed by atoms with Crippen LogP contribution in [0.2, 0.25) is 5.02 Å². The second-order valence-corrected chi connectivity index (χ2v) is 7.00. The molecule has 0 amide bonds. The Kier molecular flexibility index (Phi) is 4.02. The number of rotatable bonds is 2. The van der Waals surface area contributed by atoms with Crippen molar-refractivity contribution in [2.45, 2.75) is 26.9 Å². The molecule has 0 aliphatic carbocycles. The average molecular weight is 356 g/mol. The number of carbonyl (C=O) groups excluding carboxylic acids is 1. The van der Waals surface area contributed by atoms with Gasteiger partial charge >= 0.3 is 0 Å². The molecular weight excluding hydrogens is 338 g/mol. The lowest BCUT2D eigenvalue weighted by atomic mass is 10.0. The first-order chi connectivity index (χ1) is 12.0. The Labute approximate surface area is 151 Å². The topological polar surface area (TPSA) is 38.8 Å². The molecule has 128 valence electrons. The van der Waals surface area contributed by atoms with Crippen molar-refractivity contribution >= 4 is 17.4 Å². The van der Waals surface area contributed by atoms with E-state index in [2.05, 4.69) is 4.90 Å². The highest BCUT2D eigenvalue weighted by molar-refractivity contribution is 6.30. The van der Waals surface area contributed by atoms with E-state index in [0.717, 1.165) is 34.0 Å². The van der Waals surface area contributed by atoms with Gasteiger partial charge in [0.2, 0.25) is 5.78 Å². The molecule has 0 atom stereocenters. The molecule has 0 saturated carbocycles. The summed E-state index contributed by atoms with van der Waals surface area (Å²) in [7, 11) is 0. The molecule has 0 unspecified atom stereocenters. The molecule has 2 aliphatic rings. The number of Topliss-reactive ketones (excluding diaryl/α,β-unsaturated/α-hetero) is 1. The van der Waals surface area contributed by atoms with Gasteiger partial charge in [-0.15, -0.1) is 0 Å². The zero-order valence-electron chi connectivity index (χ0n) is 14.1. The maximum atomic E-state index is 12.5. The summed E-state index contributed by atoms with van der Waals surface area (Å²) in [6.07, 6.45) is 0. The van der Waals surface area contributed by atoms with Crippen molar-refractivity contribution in [2.75, 3.05) is 6.73 Å². The molecule has 0 radical (unpaired) electrons. The summed E-state index contributed by atoms with van der Waals surface area (Å²) in [5, 5.41) is 0.725. The number of halogens is 1. The Balaban J connectivity index is 1.62. The lowest BCUT2D eigenvalue weighted by molar-refractivity contribution is 0.0872. The molecule has 0 N–H and O–H groups in total. The Morgan fingerprint density at radius 3 is 2.64 bits per heavy atom. The molecule has 25 heavy (non-hydrogen) atoms. The van der Waals surface area contributed by atoms with E-state index in [-0.39, 0.29) is 5.78 Å². The van der Waals surface area contributed by atoms with Crippen molar-refractivity contribution in [3.63, 3.8) is 0 Å². The third kappa shape index (κ3) is 2.92. The number of fused-ring (bicyclic) bond motifs is 3. The van der Waals surface area contributed by atoms with E-state index >= 15 is 0 Å². The van der Waals surface area contributed by atoms with Gasteiger partial charge in [0, 0.05) is 18.1 Å². The first kappa shape index (κ1) is 16.2. The largest absolute Gasteiger partial charge is 0.478 e. The summed E-state index contributed by atoms with van der Waals surface area (Å²) >= 11 is 5.95. The second kappa shape index (κ2) is 6.21. The molecule has 0 saturated heterocycles. The van der Waals surface area contributed by atoms with Crippen molar-refractivity contribution in [2.24, 2.45) is 0 Å². The van der Waals surface area contributed by atoms with Gasteiger partial charge < -0.3 is 9.47 Å². The summed E-state index contributed by atoms with van der Waals surface area (Å²) in [6.45, 7) is 5.68. The van der Waals surface area contributed by atoms with Crippen LogP contribution in [0.1, 0.15) is 35.3 Å². The van der Waals surface area contributed by atoms with Crippen LogP contribution in [0.5, 0.6) is 11.5 Å². The van der Waals surface area contributed by atoms with Crippen LogP contribution < -0.4 is 9.47 Å². The highest BCUT2D eigenvalue weighted by atomic mass is 35.5. The molecule has 0 spiro atoms. The van der Waals surface area contributed by atoms with Gasteiger partial charge in [-0.05, 0) is 49.2 Å². The number of carbonyl (C=O) groups is 1. The Bertz CT molecular complexity index is 883. The van der Waals surface area contributed by atoms with Crippen LogP contribution in [0.3, 0.4) is 0 Å². The van der Waals surface area contributed by atoms with Gasteiger partial charge in [-0.2, -0.15) is 0 Å². The number of hydrogen-bond donors (Lipinski definition) is 0. The zero-order chi connectivity index (χ0) is 17.6. The maximum absolute atomic E-state index is 12.5. The van der Waals surface area contributed by atoms with E-state index in [1.807, 2.05) is 44.2 Å². The normalized spacial score (nSPS) is 16.1. The summed E-state index contributed by atoms with van der Waals surface area (Å²) in [6, 6.07) is 11.4. The number of benzene rings is 2. The lowest BCUT2D eigenvalue weighted by Crippen LogP contribution is -2.31. The van der Waals surface area contributed by atoms with Gasteiger partial charge in [-0.25, -0.2) is 0 Å². The van der Waals surface area contributed by atoms with Crippen LogP contribution in [0.4, 0.5) is 0 Å². The molecule has 2 aliphatic heterocycles. The molecule has 2 heterocycles. The third-order valence-electron chi connectivity index (χ3n) is 4.43. The maximum Gasteiger partial charge on any atom is 0.231 e. The number of allylic oxidation sites excluding steroid dienone is 2. The van der Waals surface area contributed by atoms with Crippen molar-refractivity contribution in [3.05, 3.63) is 69.4 Å². The minimum atomic E-state index is -0.0485. The van der Waals surface area contributed by atoms with Gasteiger partial charge in [0.25, 0.3) is 0 Å². The molecular formula is C20H18ClNO3. The highest BCUT2D eigenvalue weighted by Gasteiger charge is 2.34. The fraction of sp³-hybridized carbons (Fsp3) is 0.250. The van der Waals surface area contributed by atoms with E-state index < -0.39 is 0 Å². The molecule has 2 aromatic carbocycles. The predicted octanol–water partition coefficient (Wildman–Crippen LogP) is 4.56. The van der Waals surface area contributed by atoms with Crippen LogP contribution in [-0.2, 0) is 13.1 Å². The van der Waals surface area contributed by atoms with Gasteiger partial charge in [-0.1, -0.05) is 23.7 Å². The fourth-order valence-corrected chi connectivity index (χ4v) is 3.30. The molecule has 4 nitrogen and oxygen atoms in total. The Morgan fingerprint density at radius 2 is 1.92 bits per heavy atom. The first-order valence-corrected chi connectivity index (χ1v) is 8.56. The van der Waals surface area contributed by atoms with Crippen molar-refractivity contribution in [3.8, 4) is 11.5 Å². The van der Waals surface area contributed by atoms with Gasteiger partial charge in [-0.3, -0.25) is 9.69 Å². The molecule has 2 aromatic rings. The van der Waals surface area contributed by atoms with E-state index in [4.69, 9.17) is 21.1 Å². The van der Waals surface area contributed by atoms with Gasteiger partial charge in [0.1, 0.15) is 18.2 Å². The number of hydrogen-bond acceptors (Lipinski definition) is 4. The van der Waals surface area contributed by atoms with E-state index in [9.17, 15) is 4.79 Å². The van der Waals surface area contributed by atoms with Crippen molar-refractivity contribution in [1.29, 1.82) is 0 Å². The molecule has 0 aromatic heterocycles. The summed E-state index contributed by atoms with van der Waals surface area (Å²) in [5.74, 6) is 1.80. The van der Waals surface area contributed by atoms with Crippen LogP contribution in [0, 0.1) is 0 Å². The first-order valence-electron chi connectivity index (χ1n) is 8.18. The highest BCUT2D eigenvalue weighted by Crippen LogP contribution is 2.42. The van der Waals surface area contributed by atoms with E-state index in [1.54, 1.807) is 6.07 Å². The fourth-order valence-electron chi connectivity index (χ4n) is 3.17. The quantitative estimate of drug-likeness (QED) is 0.740. The standard InChI is InChI=1S/C20H18ClNO3/c1-12(2)19-18(23)15-7-8-17-16(20(15)25-19)10-22(11-24-17)9-13-3-5-14(21)6-4-13/h3-8H,9-11H2,1-2H3. The average Bonchev–Trinajstić information content (AvgIpc) is 2.95. The smallest absolute Gasteiger partial charge is 0.231 e. The van der Waals surface area contributed by atoms with Gasteiger partial charge in [0.05, 0.1) is 11.1 Å². The lowest BCUT2D eigenvalue weighted by Gasteiger charge is -2.29. The minimum Gasteiger partial charge on any atom is -0.478 e. The molecule has 0 bridgehead atoms. The van der Waals surface area contributed by atoms with Crippen LogP contribution in [0.25, 0.3) is 0 Å². The van der Waals surface area contributed by atoms with E-state index in [1.165, 1.54) is 0 Å². The zero-order valence-corrected chi connectivity index (χ0v) is 14.9. The molecule has 0 fully saturated rings. The SMILES string of the molecule is CC(C)=C1Oc2c(ccc3c2CN(Cc2ccc(Cl)cc2)CO3)C1=O. The van der Waals surface area contributed by atoms with Crippen molar-refractivity contribution in [1.82, 2.24) is 4.90 Å². The number of nitrogens with zero attached hydrogens (tertiary/aromatic N) is 1. The summed E-state index contributed by atoms with van der Waals surface area (Å²) in [4.78, 5) is 14.6. The minimum absolute atomic E-state index is 0.0485. The van der Waals surface area contributed by atoms with Gasteiger partial charge in [0.15, 0.2) is 5.76 Å². The third-order valence-corrected chi connectivity index (χ3v) is 4.68. The van der Waals surface area contributed by atoms with Crippen molar-refractivity contribution < 1.29 is 14.3 Å². The van der Waals surface area contributed by atoms with E-state index in [0.29, 0.717) is 30.3 Å². The van der Waals surface area contributed by atoms with Crippen LogP contribution >= 0.6 is 11.6 Å². The predicted molar refractivity (Wildman–Crippen MR) is 96.0 cm³/mol.